The molecule has 39 heteroatoms. The van der Waals surface area contributed by atoms with Crippen molar-refractivity contribution in [1.82, 2.24) is 64.8 Å². The minimum absolute atomic E-state index is 0. The van der Waals surface area contributed by atoms with E-state index in [0.717, 1.165) is 118 Å². The average Bonchev–Trinajstić information content (AvgIpc) is 1.61. The number of nitrogens with one attached hydrogen (secondary N) is 5. The number of rotatable bonds is 38. The van der Waals surface area contributed by atoms with Crippen LogP contribution in [0.25, 0.3) is 87.7 Å². The number of hydrogen-bond acceptors (Lipinski definition) is 27. The van der Waals surface area contributed by atoms with Gasteiger partial charge in [-0.05, 0) is 240 Å². The minimum Gasteiger partial charge on any atom is -0.460 e. The van der Waals surface area contributed by atoms with E-state index in [2.05, 4.69) is 111 Å². The standard InChI is InChI=1S/C28H36N4O6.C28H32N4O6.C23H28N4O4.C17H13BrN2O2.C13H22O4.HI.U/c2*1-28(2,3)38-27(35)30-13-15-37-17-16-36-14-5-6-19-8-9-22-21(18-19)20-7-4-12-29-25(20)32(22)23-10-11-24(33)31-26(23)34;24-9-12-31-14-13-30-11-2-3-16-5-6-19-18(15-16)17-4-1-10-25-22(17)27(19)20-7-8-21(28)26-23(20)29;18-10-3-5-14-13(8-10)12-2-1-7-19-17(12)20(14)15-6-4-11(21)9-16(15)22;1-5-8-15-10-11-16-9-6-7-12(14)17-13(2,3)4;;/h4,7-9,12,18,23H,5-6,10-11,13-17H2,1-3H3,(H,30,35)(H,31,33,34);4,7-9,12,18,23H,10-11,13-17H2,1-3H3,(H,30,35)(H,31,33,34);1,4-6,10,15,20H,2-3,7-9,11-14,24H2,(H,26,28,29);1-3,5,7-8,15H,4,6,9H2;1H,6-11H2,2-4H3;1H;/i/hT. The number of terminal acetylenes is 1. The van der Waals surface area contributed by atoms with Gasteiger partial charge in [0.15, 0.2) is 5.78 Å². The smallest absolute Gasteiger partial charge is 0.407 e. The van der Waals surface area contributed by atoms with Gasteiger partial charge in [0.25, 0.3) is 0 Å². The number of alkyl carbamates (subject to hydrolysis) is 2. The first-order valence-corrected chi connectivity index (χ1v) is 50.2. The molecule has 4 unspecified atom stereocenters. The average molecular weight is 2440 g/mol. The molecule has 12 aromatic rings. The van der Waals surface area contributed by atoms with E-state index in [1.807, 2.05) is 172 Å². The number of nitrogens with zero attached hydrogens (tertiary/aromatic N) is 8. The number of nitrogens with two attached hydrogens (primary N) is 1. The van der Waals surface area contributed by atoms with Crippen LogP contribution in [0.15, 0.2) is 151 Å². The third-order valence-electron chi connectivity index (χ3n) is 23.4. The number of Topliss-reactive ketones (excluding diaryl/α,β-unsaturated/α-hetero) is 2. The van der Waals surface area contributed by atoms with Crippen molar-refractivity contribution < 1.29 is 136 Å². The van der Waals surface area contributed by atoms with Crippen molar-refractivity contribution in [2.45, 2.75) is 200 Å². The zero-order valence-corrected chi connectivity index (χ0v) is 93.1. The predicted octanol–water partition coefficient (Wildman–Crippen LogP) is 15.0. The topological polar surface area (TPSA) is 447 Å². The number of ketones is 2. The second kappa shape index (κ2) is 58.6. The Hall–Kier alpha value is -11.5. The number of hydrogen-bond donors (Lipinski definition) is 6. The van der Waals surface area contributed by atoms with Gasteiger partial charge in [-0.3, -0.25) is 59.1 Å². The number of ether oxygens (including phenoxy) is 11. The molecule has 36 nitrogen and oxygen atoms in total. The maximum absolute atomic E-state index is 12.6. The number of pyridine rings is 4. The predicted molar refractivity (Wildman–Crippen MR) is 571 cm³/mol. The van der Waals surface area contributed by atoms with E-state index >= 15 is 0 Å². The van der Waals surface area contributed by atoms with Crippen molar-refractivity contribution in [2.75, 3.05) is 125 Å². The second-order valence-electron chi connectivity index (χ2n) is 38.0. The molecule has 148 heavy (non-hydrogen) atoms. The molecule has 788 valence electrons. The van der Waals surface area contributed by atoms with E-state index in [9.17, 15) is 52.7 Å². The van der Waals surface area contributed by atoms with Crippen molar-refractivity contribution in [2.24, 2.45) is 5.73 Å². The number of fused-ring (bicyclic) bond motifs is 12. The summed E-state index contributed by atoms with van der Waals surface area (Å²) in [5.74, 6) is 6.78. The second-order valence-corrected chi connectivity index (χ2v) is 39.0. The summed E-state index contributed by atoms with van der Waals surface area (Å²) in [6.45, 7) is 25.2. The van der Waals surface area contributed by atoms with Crippen LogP contribution in [0.4, 0.5) is 9.59 Å². The van der Waals surface area contributed by atoms with Gasteiger partial charge in [-0.25, -0.2) is 29.5 Å². The quantitative estimate of drug-likeness (QED) is 0.00398. The van der Waals surface area contributed by atoms with Gasteiger partial charge in [-0.15, -0.1) is 30.2 Å². The molecule has 8 amide bonds. The van der Waals surface area contributed by atoms with E-state index in [1.54, 1.807) is 24.8 Å². The number of amides is 8. The fraction of sp³-hybridized carbons (Fsp3) is 0.459. The normalized spacial score (nSPS) is 15.9. The van der Waals surface area contributed by atoms with Crippen LogP contribution < -0.4 is 32.3 Å². The monoisotopic (exact) mass is 2430 g/mol. The summed E-state index contributed by atoms with van der Waals surface area (Å²) in [7, 11) is 0. The van der Waals surface area contributed by atoms with Crippen LogP contribution >= 0.6 is 39.7 Å². The first kappa shape index (κ1) is 117. The summed E-state index contributed by atoms with van der Waals surface area (Å²) in [5, 5.41) is 20.7. The molecule has 16 rings (SSSR count). The number of halogens is 2. The molecule has 4 atom stereocenters. The number of carbonyl (C=O) groups is 11. The van der Waals surface area contributed by atoms with Gasteiger partial charge in [0, 0.05) is 181 Å². The van der Waals surface area contributed by atoms with Gasteiger partial charge in [0.1, 0.15) is 77.1 Å². The number of imide groups is 3. The molecule has 7 N–H and O–H groups in total. The number of aryl methyl sites for hydroxylation is 2. The number of benzene rings is 4. The number of carbonyl (C=O) groups excluding carboxylic acids is 11. The van der Waals surface area contributed by atoms with Crippen LogP contribution in [-0.4, -0.2) is 246 Å². The molecule has 1 aliphatic carbocycles. The molecule has 4 aliphatic rings. The molecule has 3 saturated heterocycles. The summed E-state index contributed by atoms with van der Waals surface area (Å²) in [4.78, 5) is 149. The molecule has 1 saturated carbocycles. The Labute approximate surface area is 909 Å². The van der Waals surface area contributed by atoms with Crippen LogP contribution in [0.1, 0.15) is 187 Å². The maximum atomic E-state index is 12.6. The van der Waals surface area contributed by atoms with Gasteiger partial charge in [-0.1, -0.05) is 45.8 Å². The van der Waals surface area contributed by atoms with Crippen molar-refractivity contribution >= 4 is 193 Å². The van der Waals surface area contributed by atoms with E-state index in [4.69, 9.17) is 64.9 Å². The SMILES string of the molecule is C#CCOCCOCCCC(=O)OC(C)(C)C.CC(C)(C)OC(=O)NCCOCCOCC#Cc1ccc2c(c1)c1cccnc1n2C1CCC(=O)NC1=O.CC(C)(C)OC(=O)NCCOCCOCCCc1ccc2c(c1)c1cccnc1n2C1CCC(=O)NC1=O.NCCOCCOCCCc1ccc2c(c1)c1cccnc1n2C1CCC(=O)NC1=O.O=C1CCC(n2c3ccc(Br)cc3c3cccnc32)C(=O)C1.[3H]I.[U]. The Morgan fingerprint density at radius 3 is 1.20 bits per heavy atom. The van der Waals surface area contributed by atoms with Crippen LogP contribution in [0, 0.1) is 55.3 Å². The van der Waals surface area contributed by atoms with E-state index < -0.39 is 47.1 Å². The molecular weight excluding hydrogens is 2300 g/mol. The van der Waals surface area contributed by atoms with Gasteiger partial charge >= 0.3 is 18.2 Å². The van der Waals surface area contributed by atoms with Crippen molar-refractivity contribution in [3.63, 3.8) is 0 Å². The minimum atomic E-state index is -0.530. The zero-order chi connectivity index (χ0) is 106. The van der Waals surface area contributed by atoms with Gasteiger partial charge in [0.2, 0.25) is 35.4 Å². The summed E-state index contributed by atoms with van der Waals surface area (Å²) >= 11 is 4.90. The van der Waals surface area contributed by atoms with E-state index in [1.165, 1.54) is 34.9 Å². The molecule has 0 bridgehead atoms. The summed E-state index contributed by atoms with van der Waals surface area (Å²) < 4.78 is 73.3. The van der Waals surface area contributed by atoms with Gasteiger partial charge in [0.05, 0.1) is 107 Å². The fourth-order valence-corrected chi connectivity index (χ4v) is 17.6. The van der Waals surface area contributed by atoms with Crippen LogP contribution in [0.3, 0.4) is 0 Å². The van der Waals surface area contributed by atoms with E-state index in [-0.39, 0.29) is 103 Å². The Morgan fingerprint density at radius 1 is 0.439 bits per heavy atom. The van der Waals surface area contributed by atoms with Crippen molar-refractivity contribution in [3.8, 4) is 24.2 Å². The largest absolute Gasteiger partial charge is 0.460 e. The third-order valence-corrected chi connectivity index (χ3v) is 23.9. The molecule has 0 radical (unpaired) electrons. The molecule has 8 aromatic heterocycles. The van der Waals surface area contributed by atoms with Crippen LogP contribution in [0.5, 0.6) is 0 Å². The van der Waals surface area contributed by atoms with Gasteiger partial charge in [-0.2, -0.15) is 0 Å². The molecular formula is C109H132BrIN14O22U. The summed E-state index contributed by atoms with van der Waals surface area (Å²) in [6, 6.07) is 38.3. The zero-order valence-electron chi connectivity index (χ0n) is 86.2. The Bertz CT molecular complexity index is 6730. The third kappa shape index (κ3) is 35.0. The molecule has 0 spiro atoms. The Kier molecular flexibility index (Phi) is 46.2. The molecule has 11 heterocycles. The molecule has 3 aliphatic heterocycles. The molecule has 4 fully saturated rings. The Morgan fingerprint density at radius 2 is 0.797 bits per heavy atom. The van der Waals surface area contributed by atoms with Crippen LogP contribution in [0.2, 0.25) is 0 Å². The van der Waals surface area contributed by atoms with Crippen LogP contribution in [-0.2, 0) is 108 Å². The number of aromatic nitrogens is 8. The van der Waals surface area contributed by atoms with E-state index in [0.29, 0.717) is 189 Å². The van der Waals surface area contributed by atoms with Crippen molar-refractivity contribution in [3.05, 3.63) is 167 Å². The van der Waals surface area contributed by atoms with Crippen molar-refractivity contribution in [1.29, 1.82) is 0.594 Å². The first-order chi connectivity index (χ1) is 71.2. The fourth-order valence-electron chi connectivity index (χ4n) is 17.2. The molecule has 4 aromatic carbocycles. The maximum Gasteiger partial charge on any atom is 0.407 e. The summed E-state index contributed by atoms with van der Waals surface area (Å²) in [6.07, 6.45) is 18.9. The number of esters is 1. The first-order valence-electron chi connectivity index (χ1n) is 49.8. The summed E-state index contributed by atoms with van der Waals surface area (Å²) in [5.41, 5.74) is 13.9. The van der Waals surface area contributed by atoms with Gasteiger partial charge < -0.3 is 86.7 Å². The Balaban J connectivity index is 0.000000194. The number of piperidine rings is 3.